The molecule has 5 nitrogen and oxygen atoms in total. The van der Waals surface area contributed by atoms with Crippen molar-refractivity contribution in [2.24, 2.45) is 5.73 Å². The highest BCUT2D eigenvalue weighted by Crippen LogP contribution is 2.27. The number of nitrogens with two attached hydrogens (primary N) is 1. The van der Waals surface area contributed by atoms with Crippen molar-refractivity contribution in [1.82, 2.24) is 9.78 Å². The molecule has 0 saturated heterocycles. The standard InChI is InChI=1S/C16H19FN4O.ClH/c17-13-6-2-3-7-14(13)21-11-12(10-19-21)20-15(22)16(18)8-4-1-5-9-16;/h2-3,6-7,10-11H,1,4-5,8-9,18H2,(H,20,22);1H. The lowest BCUT2D eigenvalue weighted by Crippen LogP contribution is -2.52. The van der Waals surface area contributed by atoms with Gasteiger partial charge in [0.15, 0.2) is 0 Å². The molecule has 23 heavy (non-hydrogen) atoms. The third-order valence-electron chi connectivity index (χ3n) is 4.14. The van der Waals surface area contributed by atoms with Crippen molar-refractivity contribution < 1.29 is 9.18 Å². The van der Waals surface area contributed by atoms with Gasteiger partial charge in [0.05, 0.1) is 23.6 Å². The summed E-state index contributed by atoms with van der Waals surface area (Å²) in [7, 11) is 0. The molecule has 1 aliphatic rings. The average Bonchev–Trinajstić information content (AvgIpc) is 2.97. The molecular formula is C16H20ClFN4O. The highest BCUT2D eigenvalue weighted by atomic mass is 35.5. The van der Waals surface area contributed by atoms with Crippen molar-refractivity contribution in [3.63, 3.8) is 0 Å². The summed E-state index contributed by atoms with van der Waals surface area (Å²) in [6.45, 7) is 0. The molecule has 0 unspecified atom stereocenters. The summed E-state index contributed by atoms with van der Waals surface area (Å²) in [6.07, 6.45) is 7.54. The third-order valence-corrected chi connectivity index (χ3v) is 4.14. The number of nitrogens with zero attached hydrogens (tertiary/aromatic N) is 2. The van der Waals surface area contributed by atoms with E-state index in [1.54, 1.807) is 24.4 Å². The maximum absolute atomic E-state index is 13.7. The van der Waals surface area contributed by atoms with Crippen molar-refractivity contribution in [2.75, 3.05) is 5.32 Å². The molecule has 0 bridgehead atoms. The molecule has 1 aliphatic carbocycles. The number of rotatable bonds is 3. The van der Waals surface area contributed by atoms with Gasteiger partial charge < -0.3 is 11.1 Å². The molecular weight excluding hydrogens is 319 g/mol. The van der Waals surface area contributed by atoms with Gasteiger partial charge in [0, 0.05) is 0 Å². The number of nitrogens with one attached hydrogen (secondary N) is 1. The Bertz CT molecular complexity index is 682. The predicted molar refractivity (Wildman–Crippen MR) is 89.4 cm³/mol. The fourth-order valence-corrected chi connectivity index (χ4v) is 2.82. The van der Waals surface area contributed by atoms with Gasteiger partial charge in [0.1, 0.15) is 11.5 Å². The number of hydrogen-bond donors (Lipinski definition) is 2. The Kier molecular flexibility index (Phi) is 5.38. The SMILES string of the molecule is Cl.NC1(C(=O)Nc2cnn(-c3ccccc3F)c2)CCCCC1. The third kappa shape index (κ3) is 3.71. The Hall–Kier alpha value is -1.92. The van der Waals surface area contributed by atoms with Gasteiger partial charge in [0.2, 0.25) is 5.91 Å². The van der Waals surface area contributed by atoms with Crippen molar-refractivity contribution in [2.45, 2.75) is 37.6 Å². The van der Waals surface area contributed by atoms with E-state index in [0.29, 0.717) is 24.2 Å². The lowest BCUT2D eigenvalue weighted by Gasteiger charge is -2.31. The van der Waals surface area contributed by atoms with Crippen LogP contribution in [0, 0.1) is 5.82 Å². The zero-order valence-corrected chi connectivity index (χ0v) is 13.5. The summed E-state index contributed by atoms with van der Waals surface area (Å²) in [6, 6.07) is 6.34. The van der Waals surface area contributed by atoms with Crippen LogP contribution >= 0.6 is 12.4 Å². The van der Waals surface area contributed by atoms with Gasteiger partial charge in [-0.05, 0) is 25.0 Å². The molecule has 0 atom stereocenters. The number of hydrogen-bond acceptors (Lipinski definition) is 3. The van der Waals surface area contributed by atoms with E-state index in [1.807, 2.05) is 0 Å². The van der Waals surface area contributed by atoms with Gasteiger partial charge in [-0.3, -0.25) is 4.79 Å². The molecule has 1 fully saturated rings. The molecule has 1 aromatic carbocycles. The quantitative estimate of drug-likeness (QED) is 0.903. The minimum Gasteiger partial charge on any atom is -0.322 e. The Morgan fingerprint density at radius 2 is 1.96 bits per heavy atom. The number of anilines is 1. The molecule has 1 heterocycles. The molecule has 124 valence electrons. The average molecular weight is 339 g/mol. The van der Waals surface area contributed by atoms with Gasteiger partial charge in [-0.15, -0.1) is 12.4 Å². The monoisotopic (exact) mass is 338 g/mol. The van der Waals surface area contributed by atoms with Gasteiger partial charge in [0.25, 0.3) is 0 Å². The number of benzene rings is 1. The van der Waals surface area contributed by atoms with E-state index in [4.69, 9.17) is 5.73 Å². The Morgan fingerprint density at radius 3 is 2.65 bits per heavy atom. The van der Waals surface area contributed by atoms with Crippen LogP contribution in [0.4, 0.5) is 10.1 Å². The second-order valence-corrected chi connectivity index (χ2v) is 5.80. The van der Waals surface area contributed by atoms with Crippen LogP contribution in [0.15, 0.2) is 36.7 Å². The summed E-state index contributed by atoms with van der Waals surface area (Å²) in [5.41, 5.74) is 6.24. The molecule has 0 aliphatic heterocycles. The van der Waals surface area contributed by atoms with E-state index in [2.05, 4.69) is 10.4 Å². The van der Waals surface area contributed by atoms with Crippen LogP contribution in [0.2, 0.25) is 0 Å². The number of aromatic nitrogens is 2. The van der Waals surface area contributed by atoms with Crippen LogP contribution in [0.1, 0.15) is 32.1 Å². The molecule has 0 radical (unpaired) electrons. The van der Waals surface area contributed by atoms with Gasteiger partial charge in [-0.2, -0.15) is 5.10 Å². The molecule has 0 spiro atoms. The Labute approximate surface area is 140 Å². The highest BCUT2D eigenvalue weighted by Gasteiger charge is 2.35. The Morgan fingerprint density at radius 1 is 1.26 bits per heavy atom. The molecule has 7 heteroatoms. The first-order valence-electron chi connectivity index (χ1n) is 7.48. The maximum Gasteiger partial charge on any atom is 0.244 e. The molecule has 3 N–H and O–H groups in total. The zero-order valence-electron chi connectivity index (χ0n) is 12.7. The highest BCUT2D eigenvalue weighted by molar-refractivity contribution is 5.97. The van der Waals surface area contributed by atoms with Crippen molar-refractivity contribution >= 4 is 24.0 Å². The summed E-state index contributed by atoms with van der Waals surface area (Å²) in [5, 5.41) is 6.88. The minimum absolute atomic E-state index is 0. The van der Waals surface area contributed by atoms with Gasteiger partial charge >= 0.3 is 0 Å². The van der Waals surface area contributed by atoms with E-state index in [0.717, 1.165) is 19.3 Å². The predicted octanol–water partition coefficient (Wildman–Crippen LogP) is 3.03. The number of carbonyl (C=O) groups is 1. The summed E-state index contributed by atoms with van der Waals surface area (Å²) in [4.78, 5) is 12.4. The topological polar surface area (TPSA) is 72.9 Å². The second-order valence-electron chi connectivity index (χ2n) is 5.80. The maximum atomic E-state index is 13.7. The van der Waals surface area contributed by atoms with Gasteiger partial charge in [-0.25, -0.2) is 9.07 Å². The minimum atomic E-state index is -0.807. The number of halogens is 2. The fraction of sp³-hybridized carbons (Fsp3) is 0.375. The largest absolute Gasteiger partial charge is 0.322 e. The van der Waals surface area contributed by atoms with Crippen molar-refractivity contribution in [3.05, 3.63) is 42.5 Å². The van der Waals surface area contributed by atoms with E-state index in [-0.39, 0.29) is 24.1 Å². The van der Waals surface area contributed by atoms with E-state index < -0.39 is 5.54 Å². The smallest absolute Gasteiger partial charge is 0.244 e. The molecule has 1 aromatic heterocycles. The van der Waals surface area contributed by atoms with Crippen LogP contribution in [0.3, 0.4) is 0 Å². The molecule has 1 saturated carbocycles. The molecule has 2 aromatic rings. The number of carbonyl (C=O) groups excluding carboxylic acids is 1. The second kappa shape index (κ2) is 7.10. The van der Waals surface area contributed by atoms with Gasteiger partial charge in [-0.1, -0.05) is 31.4 Å². The van der Waals surface area contributed by atoms with Crippen molar-refractivity contribution in [3.8, 4) is 5.69 Å². The fourth-order valence-electron chi connectivity index (χ4n) is 2.82. The summed E-state index contributed by atoms with van der Waals surface area (Å²) in [5.74, 6) is -0.564. The number of amides is 1. The number of para-hydroxylation sites is 1. The zero-order chi connectivity index (χ0) is 15.6. The van der Waals surface area contributed by atoms with Crippen LogP contribution in [0.25, 0.3) is 5.69 Å². The summed E-state index contributed by atoms with van der Waals surface area (Å²) < 4.78 is 15.1. The van der Waals surface area contributed by atoms with Crippen LogP contribution in [0.5, 0.6) is 0 Å². The van der Waals surface area contributed by atoms with Crippen LogP contribution < -0.4 is 11.1 Å². The lowest BCUT2D eigenvalue weighted by molar-refractivity contribution is -0.122. The first-order chi connectivity index (χ1) is 10.6. The molecule has 3 rings (SSSR count). The Balaban J connectivity index is 0.00000192. The summed E-state index contributed by atoms with van der Waals surface area (Å²) >= 11 is 0. The normalized spacial score (nSPS) is 16.4. The lowest BCUT2D eigenvalue weighted by atomic mass is 9.82. The van der Waals surface area contributed by atoms with E-state index in [1.165, 1.54) is 16.9 Å². The van der Waals surface area contributed by atoms with Crippen LogP contribution in [-0.2, 0) is 4.79 Å². The van der Waals surface area contributed by atoms with Crippen LogP contribution in [-0.4, -0.2) is 21.2 Å². The first kappa shape index (κ1) is 17.4. The van der Waals surface area contributed by atoms with Crippen molar-refractivity contribution in [1.29, 1.82) is 0 Å². The first-order valence-corrected chi connectivity index (χ1v) is 7.48. The molecule has 1 amide bonds. The van der Waals surface area contributed by atoms with E-state index >= 15 is 0 Å². The van der Waals surface area contributed by atoms with E-state index in [9.17, 15) is 9.18 Å².